The monoisotopic (exact) mass is 392 g/mol. The number of hydrogen-bond donors (Lipinski definition) is 0. The van der Waals surface area contributed by atoms with Crippen LogP contribution in [0.2, 0.25) is 0 Å². The van der Waals surface area contributed by atoms with Crippen LogP contribution in [0.3, 0.4) is 0 Å². The summed E-state index contributed by atoms with van der Waals surface area (Å²) in [6.07, 6.45) is 0.830. The second-order valence-corrected chi connectivity index (χ2v) is 8.24. The maximum Gasteiger partial charge on any atom is 0.349 e. The van der Waals surface area contributed by atoms with Gasteiger partial charge in [0.2, 0.25) is 0 Å². The van der Waals surface area contributed by atoms with E-state index in [0.29, 0.717) is 11.8 Å². The molecular formula is C17H16N2O5S2. The lowest BCUT2D eigenvalue weighted by molar-refractivity contribution is -0.380. The Labute approximate surface area is 158 Å². The second kappa shape index (κ2) is 7.88. The summed E-state index contributed by atoms with van der Waals surface area (Å²) in [7, 11) is 0. The number of thiophene rings is 1. The molecule has 1 atom stereocenters. The van der Waals surface area contributed by atoms with E-state index >= 15 is 0 Å². The molecule has 7 nitrogen and oxygen atoms in total. The Morgan fingerprint density at radius 2 is 2.08 bits per heavy atom. The molecule has 0 bridgehead atoms. The molecule has 1 aromatic heterocycles. The number of rotatable bonds is 4. The minimum Gasteiger partial charge on any atom is -0.451 e. The van der Waals surface area contributed by atoms with Crippen molar-refractivity contribution in [2.75, 3.05) is 18.1 Å². The van der Waals surface area contributed by atoms with Crippen LogP contribution in [0.5, 0.6) is 0 Å². The fraction of sp³-hybridized carbons (Fsp3) is 0.294. The van der Waals surface area contributed by atoms with Crippen LogP contribution in [-0.4, -0.2) is 35.2 Å². The maximum absolute atomic E-state index is 12.6. The van der Waals surface area contributed by atoms with Crippen molar-refractivity contribution in [3.63, 3.8) is 0 Å². The zero-order valence-electron chi connectivity index (χ0n) is 13.9. The zero-order chi connectivity index (χ0) is 18.7. The van der Waals surface area contributed by atoms with Gasteiger partial charge in [-0.2, -0.15) is 0 Å². The van der Waals surface area contributed by atoms with Gasteiger partial charge in [-0.3, -0.25) is 14.9 Å². The minimum atomic E-state index is -0.734. The Morgan fingerprint density at radius 3 is 2.81 bits per heavy atom. The molecule has 0 spiro atoms. The Hall–Kier alpha value is -2.39. The number of anilines is 1. The number of para-hydroxylation sites is 1. The van der Waals surface area contributed by atoms with Gasteiger partial charge in [-0.05, 0) is 24.6 Å². The van der Waals surface area contributed by atoms with E-state index in [9.17, 15) is 19.7 Å². The summed E-state index contributed by atoms with van der Waals surface area (Å²) in [6.45, 7) is 2.25. The number of esters is 1. The lowest BCUT2D eigenvalue weighted by Gasteiger charge is -2.22. The number of ether oxygens (including phenoxy) is 1. The zero-order valence-corrected chi connectivity index (χ0v) is 15.5. The second-order valence-electron chi connectivity index (χ2n) is 5.70. The lowest BCUT2D eigenvalue weighted by Crippen LogP contribution is -2.35. The highest BCUT2D eigenvalue weighted by Gasteiger charge is 2.25. The SMILES string of the molecule is C[C@@H]1CCN(C(=O)COC(=O)c2ccc([N+](=O)[O-])s2)c2ccccc2S1. The average Bonchev–Trinajstić information content (AvgIpc) is 3.05. The highest BCUT2D eigenvalue weighted by atomic mass is 32.2. The first-order valence-corrected chi connectivity index (χ1v) is 9.62. The Balaban J connectivity index is 1.68. The standard InChI is InChI=1S/C17H16N2O5S2/c1-11-8-9-18(12-4-2-3-5-13(12)25-11)15(20)10-24-17(21)14-6-7-16(26-14)19(22)23/h2-7,11H,8-10H2,1H3/t11-/m1/s1. The Morgan fingerprint density at radius 1 is 1.31 bits per heavy atom. The van der Waals surface area contributed by atoms with Gasteiger partial charge < -0.3 is 9.64 Å². The first-order valence-electron chi connectivity index (χ1n) is 7.93. The van der Waals surface area contributed by atoms with E-state index in [2.05, 4.69) is 6.92 Å². The van der Waals surface area contributed by atoms with Crippen LogP contribution in [0.4, 0.5) is 10.7 Å². The molecule has 2 heterocycles. The summed E-state index contributed by atoms with van der Waals surface area (Å²) < 4.78 is 5.07. The third-order valence-corrected chi connectivity index (χ3v) is 6.10. The van der Waals surface area contributed by atoms with E-state index in [1.165, 1.54) is 12.1 Å². The van der Waals surface area contributed by atoms with Crippen molar-refractivity contribution in [1.29, 1.82) is 0 Å². The van der Waals surface area contributed by atoms with Crippen LogP contribution < -0.4 is 4.90 Å². The quantitative estimate of drug-likeness (QED) is 0.447. The predicted octanol–water partition coefficient (Wildman–Crippen LogP) is 3.73. The average molecular weight is 392 g/mol. The molecule has 1 aliphatic rings. The number of carbonyl (C=O) groups is 2. The van der Waals surface area contributed by atoms with Crippen LogP contribution in [0.25, 0.3) is 0 Å². The number of nitro groups is 1. The van der Waals surface area contributed by atoms with E-state index in [0.717, 1.165) is 28.3 Å². The summed E-state index contributed by atoms with van der Waals surface area (Å²) in [5.41, 5.74) is 0.815. The molecule has 0 fully saturated rings. The van der Waals surface area contributed by atoms with Gasteiger partial charge in [0.05, 0.1) is 10.6 Å². The first kappa shape index (κ1) is 18.4. The summed E-state index contributed by atoms with van der Waals surface area (Å²) in [5.74, 6) is -1.05. The molecular weight excluding hydrogens is 376 g/mol. The van der Waals surface area contributed by atoms with Crippen molar-refractivity contribution in [3.8, 4) is 0 Å². The molecule has 1 amide bonds. The Kier molecular flexibility index (Phi) is 5.58. The molecule has 136 valence electrons. The van der Waals surface area contributed by atoms with Crippen molar-refractivity contribution in [2.24, 2.45) is 0 Å². The first-order chi connectivity index (χ1) is 12.5. The van der Waals surface area contributed by atoms with Crippen LogP contribution in [0.15, 0.2) is 41.3 Å². The Bertz CT molecular complexity index is 851. The summed E-state index contributed by atoms with van der Waals surface area (Å²) in [5, 5.41) is 10.9. The van der Waals surface area contributed by atoms with Crippen LogP contribution in [0.1, 0.15) is 23.0 Å². The molecule has 0 saturated heterocycles. The van der Waals surface area contributed by atoms with Crippen LogP contribution in [-0.2, 0) is 9.53 Å². The predicted molar refractivity (Wildman–Crippen MR) is 100.0 cm³/mol. The number of fused-ring (bicyclic) bond motifs is 1. The van der Waals surface area contributed by atoms with E-state index in [1.54, 1.807) is 16.7 Å². The smallest absolute Gasteiger partial charge is 0.349 e. The van der Waals surface area contributed by atoms with Gasteiger partial charge in [0.1, 0.15) is 4.88 Å². The van der Waals surface area contributed by atoms with Gasteiger partial charge in [0.25, 0.3) is 5.91 Å². The fourth-order valence-electron chi connectivity index (χ4n) is 2.56. The van der Waals surface area contributed by atoms with Crippen molar-refractivity contribution in [3.05, 3.63) is 51.4 Å². The molecule has 2 aromatic rings. The normalized spacial score (nSPS) is 16.5. The molecule has 0 aliphatic carbocycles. The number of amides is 1. The third kappa shape index (κ3) is 4.05. The van der Waals surface area contributed by atoms with Gasteiger partial charge in [0, 0.05) is 22.8 Å². The third-order valence-electron chi connectivity index (χ3n) is 3.84. The topological polar surface area (TPSA) is 89.8 Å². The molecule has 9 heteroatoms. The van der Waals surface area contributed by atoms with Crippen LogP contribution >= 0.6 is 23.1 Å². The van der Waals surface area contributed by atoms with Gasteiger partial charge in [-0.1, -0.05) is 30.4 Å². The number of hydrogen-bond acceptors (Lipinski definition) is 7. The largest absolute Gasteiger partial charge is 0.451 e. The van der Waals surface area contributed by atoms with Gasteiger partial charge in [-0.15, -0.1) is 11.8 Å². The van der Waals surface area contributed by atoms with Crippen molar-refractivity contribution in [2.45, 2.75) is 23.5 Å². The number of thioether (sulfide) groups is 1. The van der Waals surface area contributed by atoms with E-state index in [1.807, 2.05) is 24.3 Å². The van der Waals surface area contributed by atoms with E-state index in [4.69, 9.17) is 4.74 Å². The number of nitrogens with zero attached hydrogens (tertiary/aromatic N) is 2. The maximum atomic E-state index is 12.6. The molecule has 3 rings (SSSR count). The summed E-state index contributed by atoms with van der Waals surface area (Å²) in [4.78, 5) is 37.5. The van der Waals surface area contributed by atoms with Crippen molar-refractivity contribution in [1.82, 2.24) is 0 Å². The van der Waals surface area contributed by atoms with E-state index < -0.39 is 17.5 Å². The van der Waals surface area contributed by atoms with Crippen molar-refractivity contribution < 1.29 is 19.2 Å². The van der Waals surface area contributed by atoms with Gasteiger partial charge >= 0.3 is 11.0 Å². The van der Waals surface area contributed by atoms with Gasteiger partial charge in [-0.25, -0.2) is 4.79 Å². The highest BCUT2D eigenvalue weighted by Crippen LogP contribution is 2.37. The minimum absolute atomic E-state index is 0.102. The van der Waals surface area contributed by atoms with Gasteiger partial charge in [0.15, 0.2) is 6.61 Å². The number of benzene rings is 1. The summed E-state index contributed by atoms with van der Waals surface area (Å²) in [6, 6.07) is 10.2. The molecule has 0 unspecified atom stereocenters. The number of carbonyl (C=O) groups excluding carboxylic acids is 2. The highest BCUT2D eigenvalue weighted by molar-refractivity contribution is 8.00. The summed E-state index contributed by atoms with van der Waals surface area (Å²) >= 11 is 2.44. The molecule has 0 saturated carbocycles. The van der Waals surface area contributed by atoms with E-state index in [-0.39, 0.29) is 15.8 Å². The lowest BCUT2D eigenvalue weighted by atomic mass is 10.2. The van der Waals surface area contributed by atoms with Crippen LogP contribution in [0, 0.1) is 10.1 Å². The fourth-order valence-corrected chi connectivity index (χ4v) is 4.38. The van der Waals surface area contributed by atoms with Crippen molar-refractivity contribution >= 4 is 45.7 Å². The molecule has 26 heavy (non-hydrogen) atoms. The molecule has 0 N–H and O–H groups in total. The molecule has 1 aliphatic heterocycles. The molecule has 0 radical (unpaired) electrons. The molecule has 1 aromatic carbocycles.